The van der Waals surface area contributed by atoms with Crippen LogP contribution in [-0.2, 0) is 15.6 Å². The first-order valence-corrected chi connectivity index (χ1v) is 10.8. The van der Waals surface area contributed by atoms with Crippen LogP contribution in [0.3, 0.4) is 0 Å². The van der Waals surface area contributed by atoms with E-state index in [2.05, 4.69) is 0 Å². The third kappa shape index (κ3) is 7.12. The van der Waals surface area contributed by atoms with Crippen molar-refractivity contribution in [3.63, 3.8) is 0 Å². The van der Waals surface area contributed by atoms with Crippen LogP contribution in [0.15, 0.2) is 0 Å². The highest BCUT2D eigenvalue weighted by atomic mass is 32.2. The van der Waals surface area contributed by atoms with Gasteiger partial charge in [0.25, 0.3) is 0 Å². The molecule has 5 N–H and O–H groups in total. The average Bonchev–Trinajstić information content (AvgIpc) is 2.45. The van der Waals surface area contributed by atoms with Crippen LogP contribution in [0.5, 0.6) is 0 Å². The van der Waals surface area contributed by atoms with Crippen LogP contribution >= 0.6 is 23.5 Å². The monoisotopic (exact) mass is 367 g/mol. The second kappa shape index (κ2) is 10.1. The molecule has 0 saturated heterocycles. The van der Waals surface area contributed by atoms with Crippen LogP contribution in [0.2, 0.25) is 0 Å². The Bertz CT molecular complexity index is 376. The number of carbonyl (C=O) groups is 1. The molecule has 0 rings (SSSR count). The molecule has 0 spiro atoms. The normalized spacial score (nSPS) is 18.3. The van der Waals surface area contributed by atoms with Crippen LogP contribution in [0, 0.1) is 5.41 Å². The molecule has 0 bridgehead atoms. The minimum Gasteiger partial charge on any atom is -0.320 e. The number of carbonyl (C=O) groups excluding carboxylic acids is 1. The molecular formula is C14H29N3O2S3. The number of rotatable bonds is 10. The number of nitrogens with two attached hydrogens (primary N) is 2. The van der Waals surface area contributed by atoms with Gasteiger partial charge in [0.15, 0.2) is 0 Å². The van der Waals surface area contributed by atoms with E-state index in [4.69, 9.17) is 16.9 Å². The summed E-state index contributed by atoms with van der Waals surface area (Å²) in [5.41, 5.74) is 9.85. The maximum Gasteiger partial charge on any atom is 0.244 e. The Kier molecular flexibility index (Phi) is 10.1. The minimum absolute atomic E-state index is 0.228. The van der Waals surface area contributed by atoms with Crippen molar-refractivity contribution >= 4 is 44.5 Å². The summed E-state index contributed by atoms with van der Waals surface area (Å²) in [7, 11) is -2.08. The molecule has 0 aromatic heterocycles. The highest BCUT2D eigenvalue weighted by Crippen LogP contribution is 2.19. The number of hydrogen-bond donors (Lipinski definition) is 3. The van der Waals surface area contributed by atoms with Crippen LogP contribution in [0.25, 0.3) is 0 Å². The van der Waals surface area contributed by atoms with E-state index < -0.39 is 27.0 Å². The van der Waals surface area contributed by atoms with Gasteiger partial charge >= 0.3 is 0 Å². The van der Waals surface area contributed by atoms with Crippen molar-refractivity contribution in [3.05, 3.63) is 0 Å². The van der Waals surface area contributed by atoms with Gasteiger partial charge in [-0.2, -0.15) is 23.5 Å². The van der Waals surface area contributed by atoms with Crippen molar-refractivity contribution in [3.8, 4) is 0 Å². The molecule has 0 aliphatic heterocycles. The molecule has 1 unspecified atom stereocenters. The Labute approximate surface area is 145 Å². The summed E-state index contributed by atoms with van der Waals surface area (Å²) in [6.45, 7) is 7.30. The molecule has 5 nitrogen and oxygen atoms in total. The molecular weight excluding hydrogens is 338 g/mol. The molecule has 0 aromatic rings. The van der Waals surface area contributed by atoms with Crippen molar-refractivity contribution < 1.29 is 9.00 Å². The van der Waals surface area contributed by atoms with E-state index in [0.717, 1.165) is 23.0 Å². The first kappa shape index (κ1) is 22.1. The van der Waals surface area contributed by atoms with E-state index in [1.807, 2.05) is 13.8 Å². The molecule has 0 aliphatic rings. The zero-order valence-corrected chi connectivity index (χ0v) is 16.4. The third-order valence-corrected chi connectivity index (χ3v) is 6.72. The van der Waals surface area contributed by atoms with E-state index in [-0.39, 0.29) is 5.04 Å². The predicted molar refractivity (Wildman–Crippen MR) is 101 cm³/mol. The fraction of sp³-hybridized carbons (Fsp3) is 0.857. The molecule has 0 aromatic carbocycles. The van der Waals surface area contributed by atoms with E-state index in [9.17, 15) is 9.00 Å². The lowest BCUT2D eigenvalue weighted by molar-refractivity contribution is -0.115. The maximum atomic E-state index is 12.4. The molecule has 0 saturated carbocycles. The van der Waals surface area contributed by atoms with Gasteiger partial charge in [-0.3, -0.25) is 10.2 Å². The molecule has 130 valence electrons. The lowest BCUT2D eigenvalue weighted by Gasteiger charge is -2.27. The second-order valence-electron chi connectivity index (χ2n) is 5.61. The maximum absolute atomic E-state index is 12.4. The summed E-state index contributed by atoms with van der Waals surface area (Å²) in [5, 5.41) is 7.21. The summed E-state index contributed by atoms with van der Waals surface area (Å²) >= 11 is 3.38. The molecule has 0 heterocycles. The van der Waals surface area contributed by atoms with Gasteiger partial charge in [-0.05, 0) is 49.7 Å². The second-order valence-corrected chi connectivity index (χ2v) is 9.72. The van der Waals surface area contributed by atoms with Gasteiger partial charge in [0.05, 0.1) is 11.1 Å². The van der Waals surface area contributed by atoms with Gasteiger partial charge in [0.2, 0.25) is 5.12 Å². The van der Waals surface area contributed by atoms with Crippen LogP contribution in [-0.4, -0.2) is 48.5 Å². The zero-order chi connectivity index (χ0) is 17.4. The topological polar surface area (TPSA) is 110 Å². The molecule has 0 radical (unpaired) electrons. The summed E-state index contributed by atoms with van der Waals surface area (Å²) < 4.78 is 12.4. The molecule has 8 heteroatoms. The van der Waals surface area contributed by atoms with E-state index in [1.165, 1.54) is 0 Å². The molecule has 3 atom stereocenters. The molecule has 0 fully saturated rings. The van der Waals surface area contributed by atoms with Crippen LogP contribution in [0.4, 0.5) is 0 Å². The van der Waals surface area contributed by atoms with E-state index in [0.29, 0.717) is 12.8 Å². The van der Waals surface area contributed by atoms with Crippen molar-refractivity contribution in [1.29, 1.82) is 5.41 Å². The Morgan fingerprint density at radius 1 is 1.05 bits per heavy atom. The van der Waals surface area contributed by atoms with Crippen LogP contribution < -0.4 is 11.5 Å². The highest BCUT2D eigenvalue weighted by molar-refractivity contribution is 8.14. The molecule has 22 heavy (non-hydrogen) atoms. The van der Waals surface area contributed by atoms with Gasteiger partial charge in [-0.25, -0.2) is 4.21 Å². The van der Waals surface area contributed by atoms with Crippen molar-refractivity contribution in [2.75, 3.05) is 23.0 Å². The quantitative estimate of drug-likeness (QED) is 0.309. The number of hydrogen-bond acceptors (Lipinski definition) is 7. The first-order valence-electron chi connectivity index (χ1n) is 7.38. The van der Waals surface area contributed by atoms with Crippen LogP contribution in [0.1, 0.15) is 40.5 Å². The first-order chi connectivity index (χ1) is 10.1. The standard InChI is InChI=1S/C14H29N3O2S3/c1-5-20-9-7-13(3,16)11(15)22(19)12(18)14(4,17)8-10-21-6-2/h15H,5-10,16-17H2,1-4H3/t13-,14-,22?/m0/s1. The number of nitrogens with one attached hydrogen (secondary N) is 1. The Balaban J connectivity index is 4.78. The minimum atomic E-state index is -2.08. The van der Waals surface area contributed by atoms with Gasteiger partial charge < -0.3 is 11.5 Å². The Morgan fingerprint density at radius 3 is 1.86 bits per heavy atom. The number of thioether (sulfide) groups is 2. The lowest BCUT2D eigenvalue weighted by atomic mass is 10.0. The van der Waals surface area contributed by atoms with E-state index >= 15 is 0 Å². The highest BCUT2D eigenvalue weighted by Gasteiger charge is 2.39. The molecule has 0 amide bonds. The lowest BCUT2D eigenvalue weighted by Crippen LogP contribution is -2.54. The van der Waals surface area contributed by atoms with Gasteiger partial charge in [0, 0.05) is 0 Å². The fourth-order valence-electron chi connectivity index (χ4n) is 1.59. The van der Waals surface area contributed by atoms with Crippen molar-refractivity contribution in [2.24, 2.45) is 11.5 Å². The fourth-order valence-corrected chi connectivity index (χ4v) is 4.54. The summed E-state index contributed by atoms with van der Waals surface area (Å²) in [6.07, 6.45) is 0.951. The summed E-state index contributed by atoms with van der Waals surface area (Å²) in [4.78, 5) is 12.3. The Morgan fingerprint density at radius 2 is 1.45 bits per heavy atom. The zero-order valence-electron chi connectivity index (χ0n) is 13.9. The predicted octanol–water partition coefficient (Wildman–Crippen LogP) is 1.96. The SMILES string of the molecule is CCSCC[C@](C)(N)C(=N)S(=O)C(=O)[C@@](C)(N)CCSCC. The summed E-state index contributed by atoms with van der Waals surface area (Å²) in [5.74, 6) is 3.40. The van der Waals surface area contributed by atoms with Gasteiger partial charge in [0.1, 0.15) is 15.8 Å². The molecule has 0 aliphatic carbocycles. The smallest absolute Gasteiger partial charge is 0.244 e. The average molecular weight is 368 g/mol. The van der Waals surface area contributed by atoms with Gasteiger partial charge in [-0.1, -0.05) is 13.8 Å². The Hall–Kier alpha value is 0.110. The van der Waals surface area contributed by atoms with Gasteiger partial charge in [-0.15, -0.1) is 0 Å². The summed E-state index contributed by atoms with van der Waals surface area (Å²) in [6, 6.07) is 0. The largest absolute Gasteiger partial charge is 0.320 e. The van der Waals surface area contributed by atoms with Crippen molar-refractivity contribution in [2.45, 2.75) is 51.6 Å². The van der Waals surface area contributed by atoms with E-state index in [1.54, 1.807) is 37.4 Å². The van der Waals surface area contributed by atoms with Crippen molar-refractivity contribution in [1.82, 2.24) is 0 Å². The third-order valence-electron chi connectivity index (χ3n) is 3.28.